The summed E-state index contributed by atoms with van der Waals surface area (Å²) in [5, 5.41) is 1.97. The molecule has 0 aromatic carbocycles. The Balaban J connectivity index is 2.12. The van der Waals surface area contributed by atoms with E-state index in [1.54, 1.807) is 11.3 Å². The maximum absolute atomic E-state index is 11.6. The molecule has 0 aliphatic heterocycles. The summed E-state index contributed by atoms with van der Waals surface area (Å²) in [7, 11) is 0. The van der Waals surface area contributed by atoms with E-state index in [1.807, 2.05) is 29.1 Å². The molecule has 4 nitrogen and oxygen atoms in total. The van der Waals surface area contributed by atoms with E-state index in [1.165, 1.54) is 0 Å². The van der Waals surface area contributed by atoms with E-state index in [9.17, 15) is 4.79 Å². The first-order valence-electron chi connectivity index (χ1n) is 4.84. The fraction of sp³-hybridized carbons (Fsp3) is 0.400. The first-order valence-corrected chi connectivity index (χ1v) is 5.72. The lowest BCUT2D eigenvalue weighted by Gasteiger charge is -2.04. The van der Waals surface area contributed by atoms with Gasteiger partial charge in [-0.3, -0.25) is 9.20 Å². The summed E-state index contributed by atoms with van der Waals surface area (Å²) >= 11 is 1.57. The number of thiazole rings is 1. The number of aromatic nitrogens is 2. The van der Waals surface area contributed by atoms with Gasteiger partial charge in [-0.15, -0.1) is 11.3 Å². The predicted octanol–water partition coefficient (Wildman–Crippen LogP) is 1.10. The van der Waals surface area contributed by atoms with Gasteiger partial charge in [0, 0.05) is 30.2 Å². The lowest BCUT2D eigenvalue weighted by molar-refractivity contribution is -0.121. The van der Waals surface area contributed by atoms with Crippen molar-refractivity contribution in [3.8, 4) is 0 Å². The van der Waals surface area contributed by atoms with Crippen LogP contribution in [0.5, 0.6) is 0 Å². The molecule has 15 heavy (non-hydrogen) atoms. The molecule has 0 fully saturated rings. The largest absolute Gasteiger partial charge is 0.330 e. The molecule has 0 bridgehead atoms. The minimum absolute atomic E-state index is 0.0789. The number of fused-ring (bicyclic) bond motifs is 1. The third-order valence-corrected chi connectivity index (χ3v) is 3.17. The van der Waals surface area contributed by atoms with Gasteiger partial charge in [-0.05, 0) is 0 Å². The van der Waals surface area contributed by atoms with E-state index in [2.05, 4.69) is 4.98 Å². The highest BCUT2D eigenvalue weighted by Gasteiger charge is 2.13. The molecule has 2 aromatic heterocycles. The van der Waals surface area contributed by atoms with Gasteiger partial charge in [0.05, 0.1) is 12.1 Å². The monoisotopic (exact) mass is 223 g/mol. The molecule has 0 amide bonds. The Kier molecular flexibility index (Phi) is 2.83. The second-order valence-corrected chi connectivity index (χ2v) is 4.48. The van der Waals surface area contributed by atoms with Crippen molar-refractivity contribution in [2.75, 3.05) is 6.54 Å². The van der Waals surface area contributed by atoms with Gasteiger partial charge in [0.2, 0.25) is 0 Å². The van der Waals surface area contributed by atoms with Gasteiger partial charge in [0.1, 0.15) is 5.78 Å². The summed E-state index contributed by atoms with van der Waals surface area (Å²) in [6.45, 7) is 2.25. The van der Waals surface area contributed by atoms with Gasteiger partial charge in [-0.2, -0.15) is 0 Å². The molecule has 0 spiro atoms. The number of hydrogen-bond donors (Lipinski definition) is 1. The molecule has 80 valence electrons. The van der Waals surface area contributed by atoms with Crippen molar-refractivity contribution in [3.05, 3.63) is 23.5 Å². The van der Waals surface area contributed by atoms with Crippen LogP contribution in [-0.2, 0) is 11.2 Å². The Morgan fingerprint density at radius 2 is 2.53 bits per heavy atom. The summed E-state index contributed by atoms with van der Waals surface area (Å²) in [5.74, 6) is 0.0768. The topological polar surface area (TPSA) is 60.4 Å². The average molecular weight is 223 g/mol. The average Bonchev–Trinajstić information content (AvgIpc) is 2.76. The minimum Gasteiger partial charge on any atom is -0.330 e. The second kappa shape index (κ2) is 4.12. The van der Waals surface area contributed by atoms with Crippen molar-refractivity contribution in [1.82, 2.24) is 9.38 Å². The minimum atomic E-state index is -0.0789. The van der Waals surface area contributed by atoms with Gasteiger partial charge in [-0.25, -0.2) is 4.98 Å². The van der Waals surface area contributed by atoms with Crippen LogP contribution in [0.4, 0.5) is 0 Å². The highest BCUT2D eigenvalue weighted by Crippen LogP contribution is 2.12. The highest BCUT2D eigenvalue weighted by molar-refractivity contribution is 7.15. The van der Waals surface area contributed by atoms with Crippen LogP contribution >= 0.6 is 11.3 Å². The third kappa shape index (κ3) is 2.08. The molecule has 0 radical (unpaired) electrons. The Bertz CT molecular complexity index is 445. The summed E-state index contributed by atoms with van der Waals surface area (Å²) < 4.78 is 1.93. The van der Waals surface area contributed by atoms with Crippen LogP contribution in [0.15, 0.2) is 17.8 Å². The van der Waals surface area contributed by atoms with Crippen LogP contribution in [0.1, 0.15) is 12.6 Å². The molecular weight excluding hydrogens is 210 g/mol. The molecule has 2 rings (SSSR count). The molecule has 2 N–H and O–H groups in total. The molecule has 0 aliphatic carbocycles. The number of carbonyl (C=O) groups excluding carboxylic acids is 1. The quantitative estimate of drug-likeness (QED) is 0.844. The summed E-state index contributed by atoms with van der Waals surface area (Å²) in [5.41, 5.74) is 6.26. The number of rotatable bonds is 4. The Hall–Kier alpha value is -1.20. The predicted molar refractivity (Wildman–Crippen MR) is 60.0 cm³/mol. The van der Waals surface area contributed by atoms with Crippen molar-refractivity contribution in [2.45, 2.75) is 13.3 Å². The van der Waals surface area contributed by atoms with Crippen molar-refractivity contribution in [2.24, 2.45) is 11.7 Å². The molecule has 1 atom stereocenters. The molecule has 0 aliphatic rings. The summed E-state index contributed by atoms with van der Waals surface area (Å²) in [6.07, 6.45) is 4.22. The van der Waals surface area contributed by atoms with Crippen molar-refractivity contribution in [1.29, 1.82) is 0 Å². The Morgan fingerprint density at radius 3 is 3.20 bits per heavy atom. The number of hydrogen-bond acceptors (Lipinski definition) is 4. The maximum atomic E-state index is 11.6. The van der Waals surface area contributed by atoms with Crippen LogP contribution in [0.3, 0.4) is 0 Å². The zero-order valence-corrected chi connectivity index (χ0v) is 9.33. The standard InChI is InChI=1S/C10H13N3OS/c1-7(5-11)9(14)4-8-6-13-2-3-15-10(13)12-8/h2-3,6-7H,4-5,11H2,1H3. The maximum Gasteiger partial charge on any atom is 0.193 e. The lowest BCUT2D eigenvalue weighted by Crippen LogP contribution is -2.22. The van der Waals surface area contributed by atoms with Gasteiger partial charge in [-0.1, -0.05) is 6.92 Å². The molecule has 0 saturated carbocycles. The smallest absolute Gasteiger partial charge is 0.193 e. The lowest BCUT2D eigenvalue weighted by atomic mass is 10.0. The second-order valence-electron chi connectivity index (χ2n) is 3.60. The highest BCUT2D eigenvalue weighted by atomic mass is 32.1. The van der Waals surface area contributed by atoms with E-state index in [0.717, 1.165) is 10.7 Å². The number of carbonyl (C=O) groups is 1. The van der Waals surface area contributed by atoms with Crippen LogP contribution < -0.4 is 5.73 Å². The van der Waals surface area contributed by atoms with E-state index in [-0.39, 0.29) is 11.7 Å². The van der Waals surface area contributed by atoms with Crippen molar-refractivity contribution >= 4 is 22.1 Å². The molecule has 5 heteroatoms. The first kappa shape index (κ1) is 10.3. The number of nitrogens with two attached hydrogens (primary N) is 1. The van der Waals surface area contributed by atoms with Gasteiger partial charge in [0.15, 0.2) is 4.96 Å². The van der Waals surface area contributed by atoms with Crippen molar-refractivity contribution in [3.63, 3.8) is 0 Å². The first-order chi connectivity index (χ1) is 7.20. The van der Waals surface area contributed by atoms with Gasteiger partial charge >= 0.3 is 0 Å². The van der Waals surface area contributed by atoms with E-state index in [0.29, 0.717) is 13.0 Å². The van der Waals surface area contributed by atoms with Crippen LogP contribution in [0.25, 0.3) is 4.96 Å². The number of imidazole rings is 1. The normalized spacial score (nSPS) is 13.2. The summed E-state index contributed by atoms with van der Waals surface area (Å²) in [6, 6.07) is 0. The van der Waals surface area contributed by atoms with Crippen molar-refractivity contribution < 1.29 is 4.79 Å². The van der Waals surface area contributed by atoms with E-state index in [4.69, 9.17) is 5.73 Å². The zero-order valence-electron chi connectivity index (χ0n) is 8.51. The number of nitrogens with zero attached hydrogens (tertiary/aromatic N) is 2. The molecule has 2 aromatic rings. The zero-order chi connectivity index (χ0) is 10.8. The SMILES string of the molecule is CC(CN)C(=O)Cc1cn2ccsc2n1. The molecule has 2 heterocycles. The van der Waals surface area contributed by atoms with Gasteiger partial charge in [0.25, 0.3) is 0 Å². The number of ketones is 1. The molecule has 0 saturated heterocycles. The van der Waals surface area contributed by atoms with Crippen LogP contribution in [0.2, 0.25) is 0 Å². The van der Waals surface area contributed by atoms with E-state index < -0.39 is 0 Å². The summed E-state index contributed by atoms with van der Waals surface area (Å²) in [4.78, 5) is 16.9. The van der Waals surface area contributed by atoms with E-state index >= 15 is 0 Å². The fourth-order valence-electron chi connectivity index (χ4n) is 1.35. The van der Waals surface area contributed by atoms with Crippen LogP contribution in [0, 0.1) is 5.92 Å². The molecule has 1 unspecified atom stereocenters. The van der Waals surface area contributed by atoms with Crippen LogP contribution in [-0.4, -0.2) is 21.7 Å². The Labute approximate surface area is 91.7 Å². The fourth-order valence-corrected chi connectivity index (χ4v) is 2.06. The Morgan fingerprint density at radius 1 is 1.73 bits per heavy atom. The molecular formula is C10H13N3OS. The van der Waals surface area contributed by atoms with Gasteiger partial charge < -0.3 is 5.73 Å². The third-order valence-electron chi connectivity index (χ3n) is 2.40. The number of Topliss-reactive ketones (excluding diaryl/α,β-unsaturated/α-hetero) is 1.